The summed E-state index contributed by atoms with van der Waals surface area (Å²) in [7, 11) is 0. The van der Waals surface area contributed by atoms with Crippen molar-refractivity contribution >= 4 is 5.69 Å². The number of pyridine rings is 1. The summed E-state index contributed by atoms with van der Waals surface area (Å²) in [6.45, 7) is 9.98. The molecular weight excluding hydrogens is 234 g/mol. The van der Waals surface area contributed by atoms with E-state index in [9.17, 15) is 0 Å². The fraction of sp³-hybridized carbons (Fsp3) is 0.688. The van der Waals surface area contributed by atoms with Gasteiger partial charge in [0.05, 0.1) is 11.9 Å². The molecule has 3 nitrogen and oxygen atoms in total. The molecule has 0 saturated carbocycles. The van der Waals surface area contributed by atoms with Crippen LogP contribution in [0.4, 0.5) is 5.69 Å². The molecule has 1 fully saturated rings. The predicted octanol–water partition coefficient (Wildman–Crippen LogP) is 3.21. The van der Waals surface area contributed by atoms with E-state index >= 15 is 0 Å². The Labute approximate surface area is 117 Å². The minimum absolute atomic E-state index is 0.520. The molecule has 1 aromatic heterocycles. The van der Waals surface area contributed by atoms with Gasteiger partial charge < -0.3 is 10.2 Å². The van der Waals surface area contributed by atoms with Crippen LogP contribution in [0.3, 0.4) is 0 Å². The van der Waals surface area contributed by atoms with Gasteiger partial charge >= 0.3 is 0 Å². The van der Waals surface area contributed by atoms with E-state index in [-0.39, 0.29) is 0 Å². The van der Waals surface area contributed by atoms with Crippen LogP contribution in [0.15, 0.2) is 18.5 Å². The predicted molar refractivity (Wildman–Crippen MR) is 81.4 cm³/mol. The van der Waals surface area contributed by atoms with Gasteiger partial charge in [0.25, 0.3) is 0 Å². The van der Waals surface area contributed by atoms with Gasteiger partial charge in [-0.1, -0.05) is 27.2 Å². The maximum absolute atomic E-state index is 4.32. The Hall–Kier alpha value is -1.09. The van der Waals surface area contributed by atoms with E-state index < -0.39 is 0 Å². The molecule has 106 valence electrons. The first kappa shape index (κ1) is 14.3. The number of rotatable bonds is 5. The first-order valence-electron chi connectivity index (χ1n) is 7.62. The molecule has 1 saturated heterocycles. The molecule has 2 heterocycles. The van der Waals surface area contributed by atoms with E-state index in [0.717, 1.165) is 12.5 Å². The van der Waals surface area contributed by atoms with Crippen LogP contribution in [0.1, 0.15) is 45.6 Å². The molecule has 0 spiro atoms. The van der Waals surface area contributed by atoms with Gasteiger partial charge in [0.1, 0.15) is 0 Å². The summed E-state index contributed by atoms with van der Waals surface area (Å²) in [5, 5.41) is 3.51. The average molecular weight is 261 g/mol. The van der Waals surface area contributed by atoms with Crippen LogP contribution in [-0.4, -0.2) is 24.1 Å². The standard InChI is InChI=1S/C16H27N3/c1-4-14-6-9-19(10-7-14)16-12-17-8-5-15(16)11-18-13(2)3/h5,8,12-14,18H,4,6-7,9-11H2,1-3H3. The molecule has 0 aliphatic carbocycles. The Morgan fingerprint density at radius 1 is 1.37 bits per heavy atom. The Morgan fingerprint density at radius 3 is 2.74 bits per heavy atom. The zero-order valence-corrected chi connectivity index (χ0v) is 12.5. The Morgan fingerprint density at radius 2 is 2.11 bits per heavy atom. The molecule has 2 rings (SSSR count). The monoisotopic (exact) mass is 261 g/mol. The van der Waals surface area contributed by atoms with Crippen molar-refractivity contribution < 1.29 is 0 Å². The number of nitrogens with one attached hydrogen (secondary N) is 1. The van der Waals surface area contributed by atoms with E-state index in [1.165, 1.54) is 43.6 Å². The van der Waals surface area contributed by atoms with Gasteiger partial charge in [-0.15, -0.1) is 0 Å². The van der Waals surface area contributed by atoms with Crippen molar-refractivity contribution in [1.29, 1.82) is 0 Å². The van der Waals surface area contributed by atoms with Crippen molar-refractivity contribution in [2.45, 2.75) is 52.6 Å². The second-order valence-corrected chi connectivity index (χ2v) is 5.88. The Balaban J connectivity index is 2.03. The van der Waals surface area contributed by atoms with Gasteiger partial charge in [-0.05, 0) is 30.4 Å². The molecule has 0 unspecified atom stereocenters. The number of hydrogen-bond donors (Lipinski definition) is 1. The van der Waals surface area contributed by atoms with E-state index in [1.807, 2.05) is 12.4 Å². The first-order chi connectivity index (χ1) is 9.20. The molecule has 19 heavy (non-hydrogen) atoms. The minimum atomic E-state index is 0.520. The third kappa shape index (κ3) is 3.93. The lowest BCUT2D eigenvalue weighted by Gasteiger charge is -2.34. The van der Waals surface area contributed by atoms with Crippen molar-refractivity contribution in [1.82, 2.24) is 10.3 Å². The highest BCUT2D eigenvalue weighted by molar-refractivity contribution is 5.52. The fourth-order valence-electron chi connectivity index (χ4n) is 2.75. The minimum Gasteiger partial charge on any atom is -0.370 e. The van der Waals surface area contributed by atoms with Crippen LogP contribution in [0.5, 0.6) is 0 Å². The quantitative estimate of drug-likeness (QED) is 0.882. The molecule has 1 aliphatic heterocycles. The van der Waals surface area contributed by atoms with Crippen molar-refractivity contribution in [3.8, 4) is 0 Å². The van der Waals surface area contributed by atoms with Crippen LogP contribution < -0.4 is 10.2 Å². The van der Waals surface area contributed by atoms with Crippen molar-refractivity contribution in [2.24, 2.45) is 5.92 Å². The molecule has 0 bridgehead atoms. The van der Waals surface area contributed by atoms with Gasteiger partial charge in [-0.2, -0.15) is 0 Å². The van der Waals surface area contributed by atoms with Crippen LogP contribution in [0.2, 0.25) is 0 Å². The van der Waals surface area contributed by atoms with E-state index in [4.69, 9.17) is 0 Å². The summed E-state index contributed by atoms with van der Waals surface area (Å²) in [4.78, 5) is 6.83. The normalized spacial score (nSPS) is 17.2. The first-order valence-corrected chi connectivity index (χ1v) is 7.62. The van der Waals surface area contributed by atoms with Crippen LogP contribution in [-0.2, 0) is 6.54 Å². The molecular formula is C16H27N3. The van der Waals surface area contributed by atoms with Crippen LogP contribution >= 0.6 is 0 Å². The van der Waals surface area contributed by atoms with Gasteiger partial charge in [0.2, 0.25) is 0 Å². The maximum Gasteiger partial charge on any atom is 0.0598 e. The summed E-state index contributed by atoms with van der Waals surface area (Å²) in [6, 6.07) is 2.67. The van der Waals surface area contributed by atoms with Crippen molar-refractivity contribution in [3.63, 3.8) is 0 Å². The van der Waals surface area contributed by atoms with Gasteiger partial charge in [-0.3, -0.25) is 4.98 Å². The number of anilines is 1. The summed E-state index contributed by atoms with van der Waals surface area (Å²) in [5.41, 5.74) is 2.70. The highest BCUT2D eigenvalue weighted by Crippen LogP contribution is 2.26. The average Bonchev–Trinajstić information content (AvgIpc) is 2.45. The van der Waals surface area contributed by atoms with Gasteiger partial charge in [0.15, 0.2) is 0 Å². The zero-order chi connectivity index (χ0) is 13.7. The Kier molecular flexibility index (Phi) is 5.20. The molecule has 0 aromatic carbocycles. The van der Waals surface area contributed by atoms with E-state index in [0.29, 0.717) is 6.04 Å². The zero-order valence-electron chi connectivity index (χ0n) is 12.5. The number of nitrogens with zero attached hydrogens (tertiary/aromatic N) is 2. The topological polar surface area (TPSA) is 28.2 Å². The number of piperidine rings is 1. The second kappa shape index (κ2) is 6.90. The van der Waals surface area contributed by atoms with E-state index in [1.54, 1.807) is 0 Å². The molecule has 1 aromatic rings. The molecule has 0 radical (unpaired) electrons. The maximum atomic E-state index is 4.32. The second-order valence-electron chi connectivity index (χ2n) is 5.88. The molecule has 1 N–H and O–H groups in total. The van der Waals surface area contributed by atoms with Crippen molar-refractivity contribution in [2.75, 3.05) is 18.0 Å². The lowest BCUT2D eigenvalue weighted by Crippen LogP contribution is -2.34. The summed E-state index contributed by atoms with van der Waals surface area (Å²) >= 11 is 0. The molecule has 1 aliphatic rings. The number of aromatic nitrogens is 1. The highest BCUT2D eigenvalue weighted by atomic mass is 15.1. The SMILES string of the molecule is CCC1CCN(c2cnccc2CNC(C)C)CC1. The summed E-state index contributed by atoms with van der Waals surface area (Å²) in [6.07, 6.45) is 7.90. The highest BCUT2D eigenvalue weighted by Gasteiger charge is 2.19. The third-order valence-electron chi connectivity index (χ3n) is 4.12. The van der Waals surface area contributed by atoms with Crippen LogP contribution in [0, 0.1) is 5.92 Å². The fourth-order valence-corrected chi connectivity index (χ4v) is 2.75. The molecule has 0 amide bonds. The summed E-state index contributed by atoms with van der Waals surface area (Å²) in [5.74, 6) is 0.921. The van der Waals surface area contributed by atoms with Crippen molar-refractivity contribution in [3.05, 3.63) is 24.0 Å². The van der Waals surface area contributed by atoms with Gasteiger partial charge in [-0.25, -0.2) is 0 Å². The smallest absolute Gasteiger partial charge is 0.0598 e. The molecule has 0 atom stereocenters. The summed E-state index contributed by atoms with van der Waals surface area (Å²) < 4.78 is 0. The van der Waals surface area contributed by atoms with E-state index in [2.05, 4.69) is 42.0 Å². The Bertz CT molecular complexity index is 381. The van der Waals surface area contributed by atoms with Gasteiger partial charge in [0, 0.05) is 31.9 Å². The lowest BCUT2D eigenvalue weighted by atomic mass is 9.94. The third-order valence-corrected chi connectivity index (χ3v) is 4.12. The lowest BCUT2D eigenvalue weighted by molar-refractivity contribution is 0.394. The van der Waals surface area contributed by atoms with Crippen LogP contribution in [0.25, 0.3) is 0 Å². The number of hydrogen-bond acceptors (Lipinski definition) is 3. The molecule has 3 heteroatoms. The largest absolute Gasteiger partial charge is 0.370 e.